The Morgan fingerprint density at radius 2 is 1.00 bits per heavy atom. The van der Waals surface area contributed by atoms with Gasteiger partial charge in [0.2, 0.25) is 0 Å². The molecule has 6 aromatic rings. The second kappa shape index (κ2) is 14.4. The molecule has 0 radical (unpaired) electrons. The average molecular weight is 682 g/mol. The van der Waals surface area contributed by atoms with E-state index in [0.717, 1.165) is 61.6 Å². The summed E-state index contributed by atoms with van der Waals surface area (Å²) in [6.07, 6.45) is 2.40. The Balaban J connectivity index is 1.59. The molecule has 3 heterocycles. The van der Waals surface area contributed by atoms with Gasteiger partial charge < -0.3 is 24.2 Å². The largest absolute Gasteiger partial charge is 0.461 e. The Morgan fingerprint density at radius 3 is 1.47 bits per heavy atom. The summed E-state index contributed by atoms with van der Waals surface area (Å²) in [5.74, 6) is -0.936. The fourth-order valence-electron chi connectivity index (χ4n) is 7.15. The van der Waals surface area contributed by atoms with E-state index in [-0.39, 0.29) is 19.8 Å². The number of nitrogens with one attached hydrogen (secondary N) is 2. The van der Waals surface area contributed by atoms with Gasteiger partial charge in [-0.25, -0.2) is 14.4 Å². The van der Waals surface area contributed by atoms with Crippen LogP contribution in [0.1, 0.15) is 75.5 Å². The number of aromatic nitrogens is 3. The van der Waals surface area contributed by atoms with Crippen LogP contribution in [0, 0.1) is 0 Å². The highest BCUT2D eigenvalue weighted by atomic mass is 16.5. The van der Waals surface area contributed by atoms with Gasteiger partial charge in [-0.1, -0.05) is 91.0 Å². The molecule has 0 aliphatic heterocycles. The topological polar surface area (TPSA) is 115 Å². The average Bonchev–Trinajstić information content (AvgIpc) is 3.82. The minimum Gasteiger partial charge on any atom is -0.461 e. The summed E-state index contributed by atoms with van der Waals surface area (Å²) in [6, 6.07) is 29.4. The highest BCUT2D eigenvalue weighted by Gasteiger charge is 2.33. The third kappa shape index (κ3) is 6.27. The number of benzene rings is 3. The Kier molecular flexibility index (Phi) is 9.44. The molecule has 3 aromatic carbocycles. The fourth-order valence-corrected chi connectivity index (χ4v) is 7.15. The Labute approximate surface area is 296 Å². The van der Waals surface area contributed by atoms with Crippen molar-refractivity contribution in [1.29, 1.82) is 0 Å². The minimum absolute atomic E-state index is 0.203. The van der Waals surface area contributed by atoms with E-state index < -0.39 is 18.0 Å². The van der Waals surface area contributed by atoms with Gasteiger partial charge in [0.15, 0.2) is 0 Å². The second-order valence-corrected chi connectivity index (χ2v) is 12.3. The number of fused-ring (bicyclic) bond motifs is 3. The second-order valence-electron chi connectivity index (χ2n) is 12.3. The molecule has 0 atom stereocenters. The lowest BCUT2D eigenvalue weighted by Gasteiger charge is -2.13. The van der Waals surface area contributed by atoms with E-state index in [1.807, 2.05) is 97.2 Å². The number of rotatable bonds is 8. The van der Waals surface area contributed by atoms with Crippen LogP contribution in [-0.4, -0.2) is 52.4 Å². The zero-order valence-electron chi connectivity index (χ0n) is 28.9. The number of hydrogen-bond donors (Lipinski definition) is 2. The zero-order chi connectivity index (χ0) is 35.5. The van der Waals surface area contributed by atoms with E-state index >= 15 is 0 Å². The predicted molar refractivity (Wildman–Crippen MR) is 195 cm³/mol. The molecule has 0 saturated heterocycles. The molecular formula is C42H39N3O6. The zero-order valence-corrected chi connectivity index (χ0v) is 28.9. The normalized spacial score (nSPS) is 12.1. The number of carbonyl (C=O) groups excluding carboxylic acids is 3. The van der Waals surface area contributed by atoms with E-state index in [9.17, 15) is 14.4 Å². The highest BCUT2D eigenvalue weighted by molar-refractivity contribution is 5.99. The fraction of sp³-hybridized carbons (Fsp3) is 0.214. The molecule has 0 saturated carbocycles. The molecule has 51 heavy (non-hydrogen) atoms. The molecule has 7 rings (SSSR count). The summed E-state index contributed by atoms with van der Waals surface area (Å²) in [5.41, 5.74) is 10.5. The summed E-state index contributed by atoms with van der Waals surface area (Å²) >= 11 is 0. The van der Waals surface area contributed by atoms with Crippen molar-refractivity contribution in [1.82, 2.24) is 14.5 Å². The van der Waals surface area contributed by atoms with Crippen LogP contribution >= 0.6 is 0 Å². The quantitative estimate of drug-likeness (QED) is 0.123. The van der Waals surface area contributed by atoms with E-state index in [2.05, 4.69) is 9.97 Å². The molecule has 0 amide bonds. The summed E-state index contributed by atoms with van der Waals surface area (Å²) in [6.45, 7) is 5.97. The van der Waals surface area contributed by atoms with Crippen molar-refractivity contribution in [3.8, 4) is 33.4 Å². The van der Waals surface area contributed by atoms with Crippen molar-refractivity contribution in [2.24, 2.45) is 0 Å². The standard InChI is InChI=1S/C42H39N3O6/c1-4-49-40(46)38-36(27-18-12-8-13-19-27)30-23-34-31(37(28-20-14-9-15-21-28)39(44-34)41(47)50-5-2)24-35-29(22-33(30)43-38)32(26-16-10-7-11-17-26)25-45(35)42(48)51-6-3/h7-21,25,43-44H,4-6,22-24H2,1-3H3. The maximum absolute atomic E-state index is 13.8. The van der Waals surface area contributed by atoms with Crippen LogP contribution in [0.15, 0.2) is 97.2 Å². The van der Waals surface area contributed by atoms with Crippen LogP contribution in [0.25, 0.3) is 33.4 Å². The van der Waals surface area contributed by atoms with E-state index in [4.69, 9.17) is 14.2 Å². The Hall–Kier alpha value is -6.09. The molecule has 1 aliphatic rings. The van der Waals surface area contributed by atoms with Gasteiger partial charge >= 0.3 is 18.0 Å². The van der Waals surface area contributed by atoms with Crippen molar-refractivity contribution in [2.75, 3.05) is 19.8 Å². The molecule has 0 spiro atoms. The maximum atomic E-state index is 13.8. The van der Waals surface area contributed by atoms with Gasteiger partial charge in [-0.05, 0) is 54.2 Å². The molecule has 258 valence electrons. The number of carbonyl (C=O) groups is 3. The van der Waals surface area contributed by atoms with E-state index in [1.54, 1.807) is 25.3 Å². The molecule has 2 N–H and O–H groups in total. The number of nitrogens with zero attached hydrogens (tertiary/aromatic N) is 1. The Bertz CT molecular complexity index is 2210. The first-order chi connectivity index (χ1) is 24.9. The smallest absolute Gasteiger partial charge is 0.418 e. The highest BCUT2D eigenvalue weighted by Crippen LogP contribution is 2.42. The maximum Gasteiger partial charge on any atom is 0.418 e. The van der Waals surface area contributed by atoms with Crippen LogP contribution in [0.3, 0.4) is 0 Å². The first kappa shape index (κ1) is 33.4. The number of ether oxygens (including phenoxy) is 3. The lowest BCUT2D eigenvalue weighted by Crippen LogP contribution is -2.16. The number of hydrogen-bond acceptors (Lipinski definition) is 6. The molecule has 0 unspecified atom stereocenters. The summed E-state index contributed by atoms with van der Waals surface area (Å²) in [4.78, 5) is 48.1. The summed E-state index contributed by atoms with van der Waals surface area (Å²) in [5, 5.41) is 0. The lowest BCUT2D eigenvalue weighted by atomic mass is 9.93. The predicted octanol–water partition coefficient (Wildman–Crippen LogP) is 8.59. The summed E-state index contributed by atoms with van der Waals surface area (Å²) in [7, 11) is 0. The molecular weight excluding hydrogens is 642 g/mol. The van der Waals surface area contributed by atoms with Gasteiger partial charge in [0.25, 0.3) is 0 Å². The molecule has 0 fully saturated rings. The van der Waals surface area contributed by atoms with Gasteiger partial charge in [0, 0.05) is 59.2 Å². The van der Waals surface area contributed by atoms with Crippen molar-refractivity contribution in [2.45, 2.75) is 40.0 Å². The third-order valence-electron chi connectivity index (χ3n) is 9.29. The van der Waals surface area contributed by atoms with Crippen LogP contribution in [0.2, 0.25) is 0 Å². The van der Waals surface area contributed by atoms with Crippen LogP contribution in [-0.2, 0) is 33.5 Å². The Morgan fingerprint density at radius 1 is 0.569 bits per heavy atom. The van der Waals surface area contributed by atoms with Gasteiger partial charge in [0.05, 0.1) is 19.8 Å². The van der Waals surface area contributed by atoms with Crippen LogP contribution in [0.4, 0.5) is 4.79 Å². The number of esters is 2. The number of aromatic amines is 2. The minimum atomic E-state index is -0.497. The van der Waals surface area contributed by atoms with Gasteiger partial charge in [-0.3, -0.25) is 4.57 Å². The first-order valence-corrected chi connectivity index (χ1v) is 17.3. The van der Waals surface area contributed by atoms with Crippen LogP contribution in [0.5, 0.6) is 0 Å². The molecule has 1 aliphatic carbocycles. The van der Waals surface area contributed by atoms with Crippen molar-refractivity contribution < 1.29 is 28.6 Å². The van der Waals surface area contributed by atoms with Crippen molar-refractivity contribution >= 4 is 18.0 Å². The van der Waals surface area contributed by atoms with E-state index in [1.165, 1.54) is 0 Å². The molecule has 3 aromatic heterocycles. The van der Waals surface area contributed by atoms with Crippen molar-refractivity contribution in [3.63, 3.8) is 0 Å². The molecule has 9 nitrogen and oxygen atoms in total. The third-order valence-corrected chi connectivity index (χ3v) is 9.29. The van der Waals surface area contributed by atoms with Crippen LogP contribution < -0.4 is 0 Å². The van der Waals surface area contributed by atoms with Gasteiger partial charge in [0.1, 0.15) is 11.4 Å². The number of H-pyrrole nitrogens is 2. The van der Waals surface area contributed by atoms with Crippen molar-refractivity contribution in [3.05, 3.63) is 142 Å². The monoisotopic (exact) mass is 681 g/mol. The van der Waals surface area contributed by atoms with E-state index in [0.29, 0.717) is 36.2 Å². The van der Waals surface area contributed by atoms with Gasteiger partial charge in [-0.2, -0.15) is 0 Å². The first-order valence-electron chi connectivity index (χ1n) is 17.3. The SMILES string of the molecule is CCOC(=O)c1[nH]c2c(c1-c1ccccc1)Cc1[nH]c(C(=O)OCC)c(-c3ccccc3)c1Cc1c(c(-c3ccccc3)cn1C(=O)OCC)C2. The molecule has 9 heteroatoms. The summed E-state index contributed by atoms with van der Waals surface area (Å²) < 4.78 is 18.4. The lowest BCUT2D eigenvalue weighted by molar-refractivity contribution is 0.0511. The molecule has 0 bridgehead atoms. The van der Waals surface area contributed by atoms with Gasteiger partial charge in [-0.15, -0.1) is 0 Å².